The van der Waals surface area contributed by atoms with E-state index in [2.05, 4.69) is 174 Å². The number of nitrogens with zero attached hydrogens (tertiary/aromatic N) is 4. The predicted molar refractivity (Wildman–Crippen MR) is 218 cm³/mol. The molecule has 0 saturated heterocycles. The molecule has 0 bridgehead atoms. The second-order valence-electron chi connectivity index (χ2n) is 13.3. The van der Waals surface area contributed by atoms with Crippen molar-refractivity contribution in [3.8, 4) is 39.9 Å². The molecular formula is C47H28N4S. The van der Waals surface area contributed by atoms with Crippen molar-refractivity contribution in [2.24, 2.45) is 0 Å². The molecule has 0 unspecified atom stereocenters. The summed E-state index contributed by atoms with van der Waals surface area (Å²) >= 11 is 1.81. The molecule has 242 valence electrons. The van der Waals surface area contributed by atoms with Crippen LogP contribution in [-0.4, -0.2) is 19.5 Å². The van der Waals surface area contributed by atoms with Crippen LogP contribution in [0.3, 0.4) is 0 Å². The first-order chi connectivity index (χ1) is 25.7. The van der Waals surface area contributed by atoms with Crippen molar-refractivity contribution in [2.75, 3.05) is 0 Å². The molecule has 0 spiro atoms. The van der Waals surface area contributed by atoms with Crippen LogP contribution in [0.15, 0.2) is 170 Å². The van der Waals surface area contributed by atoms with Gasteiger partial charge in [0.25, 0.3) is 0 Å². The van der Waals surface area contributed by atoms with Crippen molar-refractivity contribution in [1.82, 2.24) is 19.5 Å². The highest BCUT2D eigenvalue weighted by Crippen LogP contribution is 2.38. The maximum absolute atomic E-state index is 5.13. The Morgan fingerprint density at radius 3 is 1.69 bits per heavy atom. The Balaban J connectivity index is 1.08. The molecular weight excluding hydrogens is 653 g/mol. The quantitative estimate of drug-likeness (QED) is 0.186. The molecule has 0 atom stereocenters. The van der Waals surface area contributed by atoms with Crippen molar-refractivity contribution in [3.63, 3.8) is 0 Å². The summed E-state index contributed by atoms with van der Waals surface area (Å²) in [5.74, 6) is 1.95. The average Bonchev–Trinajstić information content (AvgIpc) is 3.74. The second kappa shape index (κ2) is 11.4. The lowest BCUT2D eigenvalue weighted by Crippen LogP contribution is -2.00. The number of fused-ring (bicyclic) bond motifs is 8. The summed E-state index contributed by atoms with van der Waals surface area (Å²) in [5, 5.41) is 9.76. The molecule has 3 heterocycles. The van der Waals surface area contributed by atoms with Gasteiger partial charge in [-0.15, -0.1) is 11.3 Å². The van der Waals surface area contributed by atoms with Crippen molar-refractivity contribution in [2.45, 2.75) is 0 Å². The van der Waals surface area contributed by atoms with Crippen molar-refractivity contribution in [1.29, 1.82) is 0 Å². The van der Waals surface area contributed by atoms with Gasteiger partial charge in [-0.2, -0.15) is 0 Å². The highest BCUT2D eigenvalue weighted by atomic mass is 32.1. The summed E-state index contributed by atoms with van der Waals surface area (Å²) in [7, 11) is 0. The number of rotatable bonds is 4. The van der Waals surface area contributed by atoms with Gasteiger partial charge in [0.1, 0.15) is 0 Å². The third-order valence-corrected chi connectivity index (χ3v) is 11.4. The van der Waals surface area contributed by atoms with E-state index in [-0.39, 0.29) is 0 Å². The van der Waals surface area contributed by atoms with E-state index in [1.807, 2.05) is 11.3 Å². The first kappa shape index (κ1) is 29.1. The van der Waals surface area contributed by atoms with Gasteiger partial charge in [-0.25, -0.2) is 15.0 Å². The molecule has 0 radical (unpaired) electrons. The summed E-state index contributed by atoms with van der Waals surface area (Å²) in [4.78, 5) is 15.3. The van der Waals surface area contributed by atoms with Gasteiger partial charge < -0.3 is 4.57 Å². The van der Waals surface area contributed by atoms with E-state index in [1.165, 1.54) is 58.1 Å². The zero-order valence-corrected chi connectivity index (χ0v) is 28.7. The Labute approximate surface area is 302 Å². The van der Waals surface area contributed by atoms with Gasteiger partial charge in [0.2, 0.25) is 0 Å². The van der Waals surface area contributed by atoms with E-state index in [4.69, 9.17) is 15.0 Å². The highest BCUT2D eigenvalue weighted by Gasteiger charge is 2.17. The molecule has 8 aromatic carbocycles. The lowest BCUT2D eigenvalue weighted by atomic mass is 10.1. The Morgan fingerprint density at radius 2 is 0.904 bits per heavy atom. The van der Waals surface area contributed by atoms with E-state index in [0.29, 0.717) is 17.5 Å². The van der Waals surface area contributed by atoms with E-state index >= 15 is 0 Å². The van der Waals surface area contributed by atoms with E-state index < -0.39 is 0 Å². The topological polar surface area (TPSA) is 43.6 Å². The number of hydrogen-bond donors (Lipinski definition) is 0. The number of hydrogen-bond acceptors (Lipinski definition) is 4. The van der Waals surface area contributed by atoms with Crippen LogP contribution in [-0.2, 0) is 0 Å². The summed E-state index contributed by atoms with van der Waals surface area (Å²) < 4.78 is 4.89. The summed E-state index contributed by atoms with van der Waals surface area (Å²) in [6.45, 7) is 0. The zero-order valence-electron chi connectivity index (χ0n) is 27.9. The highest BCUT2D eigenvalue weighted by molar-refractivity contribution is 7.25. The number of para-hydroxylation sites is 1. The Hall–Kier alpha value is -6.69. The average molecular weight is 681 g/mol. The van der Waals surface area contributed by atoms with Gasteiger partial charge in [0.15, 0.2) is 17.5 Å². The standard InChI is InChI=1S/C47H28N4S/c1-2-10-31-25-34(18-17-29(31)9-1)46-48-45(49-47(50-46)35-21-24-44-40(27-35)38-14-6-8-16-43(38)52-44)30-19-22-36(23-20-30)51-41-15-7-5-13-37(41)39-26-32-11-3-4-12-33(32)28-42(39)51/h1-28H. The molecule has 5 heteroatoms. The van der Waals surface area contributed by atoms with Crippen molar-refractivity contribution in [3.05, 3.63) is 170 Å². The number of aromatic nitrogens is 4. The fourth-order valence-corrected chi connectivity index (χ4v) is 8.74. The van der Waals surface area contributed by atoms with Crippen molar-refractivity contribution >= 4 is 74.9 Å². The fourth-order valence-electron chi connectivity index (χ4n) is 7.65. The molecule has 4 nitrogen and oxygen atoms in total. The minimum atomic E-state index is 0.642. The second-order valence-corrected chi connectivity index (χ2v) is 14.4. The smallest absolute Gasteiger partial charge is 0.164 e. The van der Waals surface area contributed by atoms with Crippen LogP contribution >= 0.6 is 11.3 Å². The molecule has 0 saturated carbocycles. The number of benzene rings is 8. The predicted octanol–water partition coefficient (Wildman–Crippen LogP) is 12.6. The molecule has 0 N–H and O–H groups in total. The lowest BCUT2D eigenvalue weighted by molar-refractivity contribution is 1.07. The minimum Gasteiger partial charge on any atom is -0.309 e. The lowest BCUT2D eigenvalue weighted by Gasteiger charge is -2.11. The van der Waals surface area contributed by atoms with Gasteiger partial charge in [0, 0.05) is 53.3 Å². The molecule has 0 aliphatic rings. The van der Waals surface area contributed by atoms with Crippen LogP contribution in [0.1, 0.15) is 0 Å². The molecule has 11 rings (SSSR count). The largest absolute Gasteiger partial charge is 0.309 e. The monoisotopic (exact) mass is 680 g/mol. The first-order valence-electron chi connectivity index (χ1n) is 17.4. The maximum Gasteiger partial charge on any atom is 0.164 e. The van der Waals surface area contributed by atoms with Crippen LogP contribution in [0.25, 0.3) is 103 Å². The molecule has 3 aromatic heterocycles. The van der Waals surface area contributed by atoms with Gasteiger partial charge in [-0.3, -0.25) is 0 Å². The SMILES string of the molecule is c1ccc2cc(-c3nc(-c4ccc(-n5c6ccccc6c6cc7ccccc7cc65)cc4)nc(-c4ccc5sc6ccccc6c5c4)n3)ccc2c1. The van der Waals surface area contributed by atoms with E-state index in [1.54, 1.807) is 0 Å². The van der Waals surface area contributed by atoms with Crippen LogP contribution < -0.4 is 0 Å². The molecule has 52 heavy (non-hydrogen) atoms. The van der Waals surface area contributed by atoms with Gasteiger partial charge in [-0.1, -0.05) is 97.1 Å². The molecule has 0 amide bonds. The Bertz CT molecular complexity index is 3190. The maximum atomic E-state index is 5.13. The summed E-state index contributed by atoms with van der Waals surface area (Å²) in [5.41, 5.74) is 6.31. The van der Waals surface area contributed by atoms with Crippen LogP contribution in [0.5, 0.6) is 0 Å². The van der Waals surface area contributed by atoms with Crippen LogP contribution in [0.2, 0.25) is 0 Å². The summed E-state index contributed by atoms with van der Waals surface area (Å²) in [6, 6.07) is 60.4. The number of thiophene rings is 1. The van der Waals surface area contributed by atoms with Crippen LogP contribution in [0.4, 0.5) is 0 Å². The third-order valence-electron chi connectivity index (χ3n) is 10.2. The minimum absolute atomic E-state index is 0.642. The van der Waals surface area contributed by atoms with E-state index in [9.17, 15) is 0 Å². The van der Waals surface area contributed by atoms with Crippen LogP contribution in [0, 0.1) is 0 Å². The third kappa shape index (κ3) is 4.64. The molecule has 0 aliphatic carbocycles. The first-order valence-corrected chi connectivity index (χ1v) is 18.2. The summed E-state index contributed by atoms with van der Waals surface area (Å²) in [6.07, 6.45) is 0. The Morgan fingerprint density at radius 1 is 0.346 bits per heavy atom. The Kier molecular flexibility index (Phi) is 6.39. The van der Waals surface area contributed by atoms with E-state index in [0.717, 1.165) is 27.8 Å². The van der Waals surface area contributed by atoms with Gasteiger partial charge >= 0.3 is 0 Å². The van der Waals surface area contributed by atoms with Gasteiger partial charge in [-0.05, 0) is 94.3 Å². The normalized spacial score (nSPS) is 11.8. The van der Waals surface area contributed by atoms with Gasteiger partial charge in [0.05, 0.1) is 11.0 Å². The zero-order chi connectivity index (χ0) is 34.2. The molecule has 0 fully saturated rings. The molecule has 11 aromatic rings. The van der Waals surface area contributed by atoms with Crippen molar-refractivity contribution < 1.29 is 0 Å². The molecule has 0 aliphatic heterocycles. The fraction of sp³-hybridized carbons (Fsp3) is 0.